The lowest BCUT2D eigenvalue weighted by Gasteiger charge is -2.09. The topological polar surface area (TPSA) is 114 Å². The summed E-state index contributed by atoms with van der Waals surface area (Å²) in [6.45, 7) is 1.81. The van der Waals surface area contributed by atoms with Gasteiger partial charge in [-0.25, -0.2) is 0 Å². The van der Waals surface area contributed by atoms with Gasteiger partial charge in [-0.1, -0.05) is 36.4 Å². The van der Waals surface area contributed by atoms with E-state index in [-0.39, 0.29) is 11.3 Å². The lowest BCUT2D eigenvalue weighted by atomic mass is 10.1. The molecule has 0 atom stereocenters. The standard InChI is InChI=1S/C22H18N4O4/c1-15-5-2-3-8-20(15)22(28)25-24-21(27)17-10-12-18(23-14-17)11-9-16-6-4-7-19(13-16)26(29)30/h2-14H,1H3,(H,24,27)(H,25,28)/b11-9+. The number of hydrazine groups is 1. The van der Waals surface area contributed by atoms with Crippen molar-refractivity contribution in [1.82, 2.24) is 15.8 Å². The van der Waals surface area contributed by atoms with Gasteiger partial charge in [0.1, 0.15) is 0 Å². The molecule has 1 heterocycles. The SMILES string of the molecule is Cc1ccccc1C(=O)NNC(=O)c1ccc(/C=C/c2cccc([N+](=O)[O-])c2)nc1. The second kappa shape index (κ2) is 9.24. The van der Waals surface area contributed by atoms with E-state index >= 15 is 0 Å². The van der Waals surface area contributed by atoms with Crippen molar-refractivity contribution in [2.24, 2.45) is 0 Å². The van der Waals surface area contributed by atoms with Crippen LogP contribution in [-0.2, 0) is 0 Å². The molecule has 8 nitrogen and oxygen atoms in total. The van der Waals surface area contributed by atoms with E-state index in [4.69, 9.17) is 0 Å². The van der Waals surface area contributed by atoms with E-state index in [1.165, 1.54) is 18.3 Å². The molecule has 150 valence electrons. The maximum Gasteiger partial charge on any atom is 0.271 e. The second-order valence-corrected chi connectivity index (χ2v) is 6.38. The predicted octanol–water partition coefficient (Wildman–Crippen LogP) is 3.54. The largest absolute Gasteiger partial charge is 0.271 e. The summed E-state index contributed by atoms with van der Waals surface area (Å²) in [5, 5.41) is 10.8. The van der Waals surface area contributed by atoms with Crippen molar-refractivity contribution in [2.75, 3.05) is 0 Å². The number of aryl methyl sites for hydroxylation is 1. The molecule has 2 N–H and O–H groups in total. The van der Waals surface area contributed by atoms with E-state index in [2.05, 4.69) is 15.8 Å². The smallest absolute Gasteiger partial charge is 0.267 e. The molecular weight excluding hydrogens is 384 g/mol. The lowest BCUT2D eigenvalue weighted by Crippen LogP contribution is -2.41. The summed E-state index contributed by atoms with van der Waals surface area (Å²) in [5.41, 5.74) is 7.51. The molecule has 0 fully saturated rings. The van der Waals surface area contributed by atoms with Crippen molar-refractivity contribution < 1.29 is 14.5 Å². The van der Waals surface area contributed by atoms with Gasteiger partial charge < -0.3 is 0 Å². The van der Waals surface area contributed by atoms with Crippen LogP contribution in [-0.4, -0.2) is 21.7 Å². The number of amides is 2. The molecule has 0 saturated carbocycles. The number of rotatable bonds is 5. The highest BCUT2D eigenvalue weighted by Gasteiger charge is 2.11. The van der Waals surface area contributed by atoms with Crippen LogP contribution in [0, 0.1) is 17.0 Å². The summed E-state index contributed by atoms with van der Waals surface area (Å²) in [6, 6.07) is 16.4. The Morgan fingerprint density at radius 1 is 0.967 bits per heavy atom. The second-order valence-electron chi connectivity index (χ2n) is 6.38. The van der Waals surface area contributed by atoms with Crippen molar-refractivity contribution >= 4 is 29.7 Å². The maximum absolute atomic E-state index is 12.2. The van der Waals surface area contributed by atoms with Crippen LogP contribution in [0.25, 0.3) is 12.2 Å². The van der Waals surface area contributed by atoms with Crippen molar-refractivity contribution in [3.8, 4) is 0 Å². The number of aromatic nitrogens is 1. The van der Waals surface area contributed by atoms with E-state index in [1.54, 1.807) is 61.5 Å². The molecule has 3 rings (SSSR count). The van der Waals surface area contributed by atoms with E-state index in [1.807, 2.05) is 6.07 Å². The van der Waals surface area contributed by atoms with Gasteiger partial charge in [-0.3, -0.25) is 35.5 Å². The third-order valence-corrected chi connectivity index (χ3v) is 4.26. The summed E-state index contributed by atoms with van der Waals surface area (Å²) in [7, 11) is 0. The van der Waals surface area contributed by atoms with Crippen molar-refractivity contribution in [3.05, 3.63) is 105 Å². The Labute approximate surface area is 172 Å². The molecule has 0 radical (unpaired) electrons. The first-order chi connectivity index (χ1) is 14.4. The van der Waals surface area contributed by atoms with Crippen LogP contribution >= 0.6 is 0 Å². The quantitative estimate of drug-likeness (QED) is 0.500. The molecule has 30 heavy (non-hydrogen) atoms. The minimum atomic E-state index is -0.501. The highest BCUT2D eigenvalue weighted by Crippen LogP contribution is 2.15. The summed E-state index contributed by atoms with van der Waals surface area (Å²) >= 11 is 0. The molecule has 0 bridgehead atoms. The van der Waals surface area contributed by atoms with Crippen molar-refractivity contribution in [2.45, 2.75) is 6.92 Å². The first-order valence-corrected chi connectivity index (χ1v) is 8.99. The van der Waals surface area contributed by atoms with E-state index in [0.29, 0.717) is 16.8 Å². The Bertz CT molecular complexity index is 1120. The number of benzene rings is 2. The number of non-ortho nitro benzene ring substituents is 1. The Morgan fingerprint density at radius 2 is 1.73 bits per heavy atom. The monoisotopic (exact) mass is 402 g/mol. The summed E-state index contributed by atoms with van der Waals surface area (Å²) in [6.07, 6.45) is 4.75. The summed E-state index contributed by atoms with van der Waals surface area (Å²) in [4.78, 5) is 38.9. The lowest BCUT2D eigenvalue weighted by molar-refractivity contribution is -0.384. The first kappa shape index (κ1) is 20.4. The Kier molecular flexibility index (Phi) is 6.29. The molecule has 2 aromatic carbocycles. The average Bonchev–Trinajstić information content (AvgIpc) is 2.76. The van der Waals surface area contributed by atoms with Crippen LogP contribution in [0.15, 0.2) is 66.9 Å². The van der Waals surface area contributed by atoms with E-state index in [0.717, 1.165) is 5.56 Å². The third kappa shape index (κ3) is 5.14. The van der Waals surface area contributed by atoms with Crippen molar-refractivity contribution in [1.29, 1.82) is 0 Å². The van der Waals surface area contributed by atoms with Crippen molar-refractivity contribution in [3.63, 3.8) is 0 Å². The van der Waals surface area contributed by atoms with Gasteiger partial charge in [-0.15, -0.1) is 0 Å². The third-order valence-electron chi connectivity index (χ3n) is 4.26. The van der Waals surface area contributed by atoms with Crippen LogP contribution in [0.1, 0.15) is 37.5 Å². The van der Waals surface area contributed by atoms with Gasteiger partial charge in [0.05, 0.1) is 16.2 Å². The van der Waals surface area contributed by atoms with Crippen LogP contribution in [0.5, 0.6) is 0 Å². The highest BCUT2D eigenvalue weighted by atomic mass is 16.6. The van der Waals surface area contributed by atoms with Gasteiger partial charge in [0, 0.05) is 23.9 Å². The van der Waals surface area contributed by atoms with E-state index in [9.17, 15) is 19.7 Å². The predicted molar refractivity (Wildman–Crippen MR) is 112 cm³/mol. The summed E-state index contributed by atoms with van der Waals surface area (Å²) in [5.74, 6) is -0.912. The highest BCUT2D eigenvalue weighted by molar-refractivity contribution is 5.99. The average molecular weight is 402 g/mol. The zero-order valence-corrected chi connectivity index (χ0v) is 16.0. The van der Waals surface area contributed by atoms with Gasteiger partial charge in [-0.05, 0) is 42.3 Å². The van der Waals surface area contributed by atoms with Gasteiger partial charge in [0.2, 0.25) is 0 Å². The fraction of sp³-hybridized carbons (Fsp3) is 0.0455. The van der Waals surface area contributed by atoms with Crippen LogP contribution in [0.4, 0.5) is 5.69 Å². The number of carbonyl (C=O) groups is 2. The minimum absolute atomic E-state index is 0.00451. The number of hydrogen-bond donors (Lipinski definition) is 2. The number of nitrogens with one attached hydrogen (secondary N) is 2. The number of nitro groups is 1. The molecule has 0 unspecified atom stereocenters. The zero-order chi connectivity index (χ0) is 21.5. The fourth-order valence-electron chi connectivity index (χ4n) is 2.64. The van der Waals surface area contributed by atoms with Gasteiger partial charge in [0.15, 0.2) is 0 Å². The van der Waals surface area contributed by atoms with Gasteiger partial charge in [-0.2, -0.15) is 0 Å². The number of nitrogens with zero attached hydrogens (tertiary/aromatic N) is 2. The molecule has 0 saturated heterocycles. The molecule has 0 aliphatic heterocycles. The zero-order valence-electron chi connectivity index (χ0n) is 16.0. The molecule has 0 aliphatic carbocycles. The number of carbonyl (C=O) groups excluding carboxylic acids is 2. The summed E-state index contributed by atoms with van der Waals surface area (Å²) < 4.78 is 0. The molecule has 8 heteroatoms. The van der Waals surface area contributed by atoms with Crippen LogP contribution in [0.2, 0.25) is 0 Å². The van der Waals surface area contributed by atoms with Gasteiger partial charge >= 0.3 is 0 Å². The molecule has 0 spiro atoms. The van der Waals surface area contributed by atoms with Gasteiger partial charge in [0.25, 0.3) is 17.5 Å². The molecule has 3 aromatic rings. The molecule has 2 amide bonds. The Balaban J connectivity index is 1.60. The maximum atomic E-state index is 12.2. The van der Waals surface area contributed by atoms with Crippen LogP contribution in [0.3, 0.4) is 0 Å². The molecule has 0 aliphatic rings. The molecular formula is C22H18N4O4. The number of nitro benzene ring substituents is 1. The Hall–Kier alpha value is -4.33. The normalized spacial score (nSPS) is 10.6. The molecule has 1 aromatic heterocycles. The number of hydrogen-bond acceptors (Lipinski definition) is 5. The Morgan fingerprint density at radius 3 is 2.43 bits per heavy atom. The van der Waals surface area contributed by atoms with Crippen LogP contribution < -0.4 is 10.9 Å². The van der Waals surface area contributed by atoms with E-state index < -0.39 is 16.7 Å². The first-order valence-electron chi connectivity index (χ1n) is 8.99. The minimum Gasteiger partial charge on any atom is -0.267 e. The fourth-order valence-corrected chi connectivity index (χ4v) is 2.64. The number of pyridine rings is 1.